The molecule has 0 amide bonds. The maximum atomic E-state index is 13.7. The number of hydrogen-bond donors (Lipinski definition) is 1. The monoisotopic (exact) mass is 539 g/mol. The van der Waals surface area contributed by atoms with Crippen molar-refractivity contribution in [2.24, 2.45) is 0 Å². The first kappa shape index (κ1) is 23.6. The van der Waals surface area contributed by atoms with Crippen LogP contribution >= 0.6 is 15.9 Å². The van der Waals surface area contributed by atoms with Crippen LogP contribution in [0.15, 0.2) is 69.5 Å². The number of halogens is 1. The zero-order valence-electron chi connectivity index (χ0n) is 19.6. The molecule has 5 rings (SSSR count). The molecular formula is C27H26BrNO6. The lowest BCUT2D eigenvalue weighted by Gasteiger charge is -2.37. The fourth-order valence-corrected chi connectivity index (χ4v) is 5.58. The van der Waals surface area contributed by atoms with Gasteiger partial charge < -0.3 is 24.3 Å². The van der Waals surface area contributed by atoms with E-state index in [2.05, 4.69) is 33.4 Å². The van der Waals surface area contributed by atoms with Gasteiger partial charge in [-0.25, -0.2) is 4.79 Å². The number of methoxy groups -OCH3 is 1. The van der Waals surface area contributed by atoms with E-state index in [4.69, 9.17) is 18.9 Å². The minimum atomic E-state index is -0.602. The summed E-state index contributed by atoms with van der Waals surface area (Å²) in [5, 5.41) is 3.38. The van der Waals surface area contributed by atoms with E-state index < -0.39 is 11.9 Å². The summed E-state index contributed by atoms with van der Waals surface area (Å²) in [6.45, 7) is 2.39. The second-order valence-corrected chi connectivity index (χ2v) is 9.64. The summed E-state index contributed by atoms with van der Waals surface area (Å²) in [7, 11) is 1.55. The van der Waals surface area contributed by atoms with Crippen LogP contribution < -0.4 is 14.8 Å². The molecule has 0 bridgehead atoms. The molecule has 3 aliphatic rings. The number of esters is 1. The largest absolute Gasteiger partial charge is 0.460 e. The van der Waals surface area contributed by atoms with Crippen LogP contribution in [0.5, 0.6) is 11.5 Å². The predicted molar refractivity (Wildman–Crippen MR) is 132 cm³/mol. The number of rotatable bonds is 6. The van der Waals surface area contributed by atoms with Gasteiger partial charge in [0.05, 0.1) is 12.2 Å². The van der Waals surface area contributed by atoms with Gasteiger partial charge >= 0.3 is 5.97 Å². The summed E-state index contributed by atoms with van der Waals surface area (Å²) in [6, 6.07) is 13.7. The molecule has 2 aromatic carbocycles. The van der Waals surface area contributed by atoms with Crippen LogP contribution in [0, 0.1) is 0 Å². The van der Waals surface area contributed by atoms with Gasteiger partial charge in [-0.2, -0.15) is 0 Å². The molecule has 0 aromatic heterocycles. The number of hydrogen-bond acceptors (Lipinski definition) is 7. The number of fused-ring (bicyclic) bond motifs is 1. The number of ether oxygens (including phenoxy) is 4. The fourth-order valence-electron chi connectivity index (χ4n) is 5.03. The summed E-state index contributed by atoms with van der Waals surface area (Å²) >= 11 is 3.65. The van der Waals surface area contributed by atoms with Crippen LogP contribution in [0.1, 0.15) is 42.7 Å². The first-order valence-corrected chi connectivity index (χ1v) is 12.3. The van der Waals surface area contributed by atoms with Crippen molar-refractivity contribution in [2.45, 2.75) is 31.6 Å². The normalized spacial score (nSPS) is 21.1. The van der Waals surface area contributed by atoms with Crippen LogP contribution in [-0.4, -0.2) is 38.9 Å². The van der Waals surface area contributed by atoms with Crippen molar-refractivity contribution >= 4 is 27.7 Å². The third-order valence-electron chi connectivity index (χ3n) is 6.64. The van der Waals surface area contributed by atoms with Crippen molar-refractivity contribution < 1.29 is 28.5 Å². The summed E-state index contributed by atoms with van der Waals surface area (Å²) in [6.07, 6.45) is 1.04. The van der Waals surface area contributed by atoms with Crippen LogP contribution in [0.3, 0.4) is 0 Å². The fraction of sp³-hybridized carbons (Fsp3) is 0.333. The molecule has 0 radical (unpaired) electrons. The Morgan fingerprint density at radius 3 is 2.60 bits per heavy atom. The number of ketones is 1. The molecule has 0 fully saturated rings. The van der Waals surface area contributed by atoms with E-state index in [9.17, 15) is 9.59 Å². The first-order valence-electron chi connectivity index (χ1n) is 11.5. The highest BCUT2D eigenvalue weighted by atomic mass is 79.9. The van der Waals surface area contributed by atoms with Crippen LogP contribution in [0.2, 0.25) is 0 Å². The number of benzene rings is 2. The molecule has 1 N–H and O–H groups in total. The Morgan fingerprint density at radius 1 is 1.11 bits per heavy atom. The summed E-state index contributed by atoms with van der Waals surface area (Å²) in [5.41, 5.74) is 4.40. The molecule has 2 atom stereocenters. The van der Waals surface area contributed by atoms with Crippen molar-refractivity contribution in [1.82, 2.24) is 5.32 Å². The third-order valence-corrected chi connectivity index (χ3v) is 7.33. The van der Waals surface area contributed by atoms with E-state index in [1.165, 1.54) is 0 Å². The average molecular weight is 540 g/mol. The SMILES string of the molecule is COCCOC(=O)C1=C(C)NC2=C(C(=O)C[C@@H](c3ccccc3)C2)[C@@H]1c1cc2c(cc1Br)OCO2. The molecule has 2 aliphatic heterocycles. The second kappa shape index (κ2) is 9.87. The molecule has 2 aromatic rings. The van der Waals surface area contributed by atoms with Gasteiger partial charge in [0.25, 0.3) is 0 Å². The van der Waals surface area contributed by atoms with Gasteiger partial charge in [-0.05, 0) is 42.5 Å². The maximum absolute atomic E-state index is 13.7. The topological polar surface area (TPSA) is 83.1 Å². The quantitative estimate of drug-likeness (QED) is 0.419. The van der Waals surface area contributed by atoms with E-state index in [-0.39, 0.29) is 31.7 Å². The Kier molecular flexibility index (Phi) is 6.67. The zero-order valence-corrected chi connectivity index (χ0v) is 21.1. The lowest BCUT2D eigenvalue weighted by atomic mass is 9.71. The van der Waals surface area contributed by atoms with Crippen LogP contribution in [0.25, 0.3) is 0 Å². The van der Waals surface area contributed by atoms with Crippen molar-refractivity contribution in [3.8, 4) is 11.5 Å². The van der Waals surface area contributed by atoms with Gasteiger partial charge in [-0.15, -0.1) is 0 Å². The Balaban J connectivity index is 1.59. The molecule has 0 unspecified atom stereocenters. The van der Waals surface area contributed by atoms with Crippen molar-refractivity contribution in [1.29, 1.82) is 0 Å². The van der Waals surface area contributed by atoms with Crippen LogP contribution in [0.4, 0.5) is 0 Å². The Morgan fingerprint density at radius 2 is 1.86 bits per heavy atom. The Hall–Kier alpha value is -3.10. The number of nitrogens with one attached hydrogen (secondary N) is 1. The van der Waals surface area contributed by atoms with E-state index in [0.717, 1.165) is 21.3 Å². The van der Waals surface area contributed by atoms with Crippen molar-refractivity contribution in [3.63, 3.8) is 0 Å². The van der Waals surface area contributed by atoms with Gasteiger partial charge in [0, 0.05) is 40.9 Å². The van der Waals surface area contributed by atoms with E-state index in [1.54, 1.807) is 7.11 Å². The lowest BCUT2D eigenvalue weighted by molar-refractivity contribution is -0.140. The molecule has 0 saturated carbocycles. The predicted octanol–water partition coefficient (Wildman–Crippen LogP) is 4.73. The number of dihydropyridines is 1. The lowest BCUT2D eigenvalue weighted by Crippen LogP contribution is -2.36. The molecular weight excluding hydrogens is 514 g/mol. The highest BCUT2D eigenvalue weighted by molar-refractivity contribution is 9.10. The summed E-state index contributed by atoms with van der Waals surface area (Å²) in [5.74, 6) is 0.197. The second-order valence-electron chi connectivity index (χ2n) is 8.78. The van der Waals surface area contributed by atoms with Gasteiger partial charge in [0.2, 0.25) is 6.79 Å². The van der Waals surface area contributed by atoms with Gasteiger partial charge in [-0.1, -0.05) is 46.3 Å². The maximum Gasteiger partial charge on any atom is 0.336 e. The average Bonchev–Trinajstić information content (AvgIpc) is 3.30. The third kappa shape index (κ3) is 4.48. The van der Waals surface area contributed by atoms with Crippen molar-refractivity contribution in [2.75, 3.05) is 27.1 Å². The minimum Gasteiger partial charge on any atom is -0.460 e. The zero-order chi connectivity index (χ0) is 24.5. The molecule has 2 heterocycles. The summed E-state index contributed by atoms with van der Waals surface area (Å²) in [4.78, 5) is 27.0. The van der Waals surface area contributed by atoms with Crippen molar-refractivity contribution in [3.05, 3.63) is 80.6 Å². The smallest absolute Gasteiger partial charge is 0.336 e. The Labute approximate surface area is 212 Å². The Bertz CT molecular complexity index is 1240. The standard InChI is InChI=1S/C27H26BrNO6/c1-15-24(27(31)33-9-8-32-2)25(18-12-22-23(13-19(18)28)35-14-34-22)26-20(29-15)10-17(11-21(26)30)16-6-4-3-5-7-16/h3-7,12-13,17,25,29H,8-11,14H2,1-2H3/t17-,25+/m0/s1. The van der Waals surface area contributed by atoms with Gasteiger partial charge in [-0.3, -0.25) is 4.79 Å². The minimum absolute atomic E-state index is 0.0110. The van der Waals surface area contributed by atoms with Gasteiger partial charge in [0.15, 0.2) is 17.3 Å². The highest BCUT2D eigenvalue weighted by Crippen LogP contribution is 2.49. The summed E-state index contributed by atoms with van der Waals surface area (Å²) < 4.78 is 22.4. The number of Topliss-reactive ketones (excluding diaryl/α,β-unsaturated/α-hetero) is 1. The number of carbonyl (C=O) groups is 2. The molecule has 0 spiro atoms. The highest BCUT2D eigenvalue weighted by Gasteiger charge is 2.42. The van der Waals surface area contributed by atoms with E-state index in [0.29, 0.717) is 41.2 Å². The molecule has 35 heavy (non-hydrogen) atoms. The molecule has 1 aliphatic carbocycles. The number of carbonyl (C=O) groups excluding carboxylic acids is 2. The van der Waals surface area contributed by atoms with Gasteiger partial charge in [0.1, 0.15) is 6.61 Å². The molecule has 7 nitrogen and oxygen atoms in total. The first-order chi connectivity index (χ1) is 17.0. The molecule has 0 saturated heterocycles. The molecule has 8 heteroatoms. The van der Waals surface area contributed by atoms with E-state index in [1.807, 2.05) is 37.3 Å². The molecule has 182 valence electrons. The van der Waals surface area contributed by atoms with Crippen LogP contribution in [-0.2, 0) is 19.1 Å². The van der Waals surface area contributed by atoms with E-state index >= 15 is 0 Å². The number of allylic oxidation sites excluding steroid dienone is 3.